The second kappa shape index (κ2) is 9.20. The highest BCUT2D eigenvalue weighted by Gasteiger charge is 2.32. The first-order valence-corrected chi connectivity index (χ1v) is 11.4. The number of halogens is 1. The van der Waals surface area contributed by atoms with E-state index in [0.29, 0.717) is 30.8 Å². The third-order valence-corrected chi connectivity index (χ3v) is 7.33. The summed E-state index contributed by atoms with van der Waals surface area (Å²) in [4.78, 5) is 12.9. The first-order valence-electron chi connectivity index (χ1n) is 9.42. The lowest BCUT2D eigenvalue weighted by Crippen LogP contribution is -2.44. The molecule has 0 spiro atoms. The highest BCUT2D eigenvalue weighted by atomic mass is 35.5. The number of amides is 1. The molecule has 0 unspecified atom stereocenters. The van der Waals surface area contributed by atoms with E-state index in [4.69, 9.17) is 11.6 Å². The molecule has 1 fully saturated rings. The zero-order valence-corrected chi connectivity index (χ0v) is 17.4. The fraction of sp³-hybridized carbons (Fsp3) is 0.632. The topological polar surface area (TPSA) is 66.5 Å². The molecule has 1 aliphatic heterocycles. The van der Waals surface area contributed by atoms with Crippen LogP contribution in [0.5, 0.6) is 0 Å². The number of rotatable bonds is 7. The van der Waals surface area contributed by atoms with E-state index in [1.165, 1.54) is 4.31 Å². The van der Waals surface area contributed by atoms with Crippen molar-refractivity contribution >= 4 is 33.2 Å². The first kappa shape index (κ1) is 21.2. The van der Waals surface area contributed by atoms with Gasteiger partial charge in [0.1, 0.15) is 0 Å². The van der Waals surface area contributed by atoms with Crippen molar-refractivity contribution in [3.63, 3.8) is 0 Å². The normalized spacial score (nSPS) is 18.7. The largest absolute Gasteiger partial charge is 0.325 e. The molecule has 146 valence electrons. The maximum atomic E-state index is 12.9. The Bertz CT molecular complexity index is 749. The van der Waals surface area contributed by atoms with Gasteiger partial charge in [-0.1, -0.05) is 38.4 Å². The number of carbonyl (C=O) groups excluding carboxylic acids is 1. The highest BCUT2D eigenvalue weighted by Crippen LogP contribution is 2.31. The molecule has 1 aliphatic rings. The van der Waals surface area contributed by atoms with Crippen LogP contribution >= 0.6 is 11.6 Å². The number of sulfonamides is 1. The van der Waals surface area contributed by atoms with Crippen LogP contribution in [0.2, 0.25) is 5.02 Å². The minimum atomic E-state index is -3.27. The molecule has 1 saturated heterocycles. The maximum absolute atomic E-state index is 12.9. The molecule has 1 N–H and O–H groups in total. The van der Waals surface area contributed by atoms with Gasteiger partial charge in [0, 0.05) is 23.8 Å². The number of aryl methyl sites for hydroxylation is 1. The van der Waals surface area contributed by atoms with Gasteiger partial charge in [0.15, 0.2) is 0 Å². The second-order valence-corrected chi connectivity index (χ2v) is 9.27. The quantitative estimate of drug-likeness (QED) is 0.755. The number of carbonyl (C=O) groups is 1. The minimum absolute atomic E-state index is 0.118. The van der Waals surface area contributed by atoms with Gasteiger partial charge in [-0.15, -0.1) is 0 Å². The zero-order valence-electron chi connectivity index (χ0n) is 15.8. The van der Waals surface area contributed by atoms with Crippen molar-refractivity contribution in [3.05, 3.63) is 28.3 Å². The molecular weight excluding hydrogens is 372 g/mol. The summed E-state index contributed by atoms with van der Waals surface area (Å²) in [6.45, 7) is 6.67. The summed E-state index contributed by atoms with van der Waals surface area (Å²) in [6, 6.07) is 3.81. The van der Waals surface area contributed by atoms with Crippen LogP contribution in [0, 0.1) is 5.92 Å². The summed E-state index contributed by atoms with van der Waals surface area (Å²) in [5, 5.41) is 3.70. The molecule has 0 aliphatic carbocycles. The van der Waals surface area contributed by atoms with Crippen LogP contribution in [0.4, 0.5) is 5.69 Å². The highest BCUT2D eigenvalue weighted by molar-refractivity contribution is 7.89. The van der Waals surface area contributed by atoms with Crippen LogP contribution in [0.25, 0.3) is 0 Å². The second-order valence-electron chi connectivity index (χ2n) is 6.77. The van der Waals surface area contributed by atoms with Crippen molar-refractivity contribution < 1.29 is 13.2 Å². The zero-order chi connectivity index (χ0) is 19.3. The first-order chi connectivity index (χ1) is 12.3. The summed E-state index contributed by atoms with van der Waals surface area (Å²) < 4.78 is 26.1. The van der Waals surface area contributed by atoms with Crippen LogP contribution in [0.15, 0.2) is 12.1 Å². The molecule has 0 radical (unpaired) electrons. The van der Waals surface area contributed by atoms with Crippen LogP contribution in [-0.2, 0) is 27.7 Å². The Morgan fingerprint density at radius 2 is 2.00 bits per heavy atom. The number of nitrogens with one attached hydrogen (secondary N) is 1. The van der Waals surface area contributed by atoms with Crippen LogP contribution < -0.4 is 5.32 Å². The van der Waals surface area contributed by atoms with Crippen molar-refractivity contribution in [3.8, 4) is 0 Å². The van der Waals surface area contributed by atoms with Crippen molar-refractivity contribution in [2.45, 2.75) is 52.9 Å². The third kappa shape index (κ3) is 4.78. The molecule has 1 heterocycles. The van der Waals surface area contributed by atoms with Crippen molar-refractivity contribution in [1.82, 2.24) is 4.31 Å². The molecule has 0 aromatic heterocycles. The number of piperidine rings is 1. The summed E-state index contributed by atoms with van der Waals surface area (Å²) in [5.41, 5.74) is 2.78. The predicted molar refractivity (Wildman–Crippen MR) is 107 cm³/mol. The van der Waals surface area contributed by atoms with Gasteiger partial charge in [0.05, 0.1) is 11.7 Å². The molecule has 0 bridgehead atoms. The van der Waals surface area contributed by atoms with Gasteiger partial charge in [0.25, 0.3) is 0 Å². The molecule has 1 aromatic carbocycles. The monoisotopic (exact) mass is 400 g/mol. The molecular formula is C19H29ClN2O3S. The molecule has 1 atom stereocenters. The van der Waals surface area contributed by atoms with E-state index >= 15 is 0 Å². The SMILES string of the molecule is CCCS(=O)(=O)N1CCC[C@H](C(=O)Nc2c(CC)ccc(Cl)c2CC)C1. The summed E-state index contributed by atoms with van der Waals surface area (Å²) in [7, 11) is -3.27. The fourth-order valence-corrected chi connectivity index (χ4v) is 5.37. The number of hydrogen-bond acceptors (Lipinski definition) is 3. The van der Waals surface area contributed by atoms with Gasteiger partial charge in [-0.3, -0.25) is 4.79 Å². The Balaban J connectivity index is 2.19. The number of benzene rings is 1. The van der Waals surface area contributed by atoms with Crippen LogP contribution in [-0.4, -0.2) is 37.5 Å². The molecule has 26 heavy (non-hydrogen) atoms. The Labute approximate surface area is 162 Å². The van der Waals surface area contributed by atoms with Gasteiger partial charge in [-0.05, 0) is 49.3 Å². The van der Waals surface area contributed by atoms with Gasteiger partial charge >= 0.3 is 0 Å². The van der Waals surface area contributed by atoms with Crippen LogP contribution in [0.3, 0.4) is 0 Å². The van der Waals surface area contributed by atoms with Gasteiger partial charge < -0.3 is 5.32 Å². The lowest BCUT2D eigenvalue weighted by molar-refractivity contribution is -0.120. The number of nitrogens with zero attached hydrogens (tertiary/aromatic N) is 1. The van der Waals surface area contributed by atoms with Crippen molar-refractivity contribution in [1.29, 1.82) is 0 Å². The van der Waals surface area contributed by atoms with E-state index in [2.05, 4.69) is 5.32 Å². The van der Waals surface area contributed by atoms with E-state index < -0.39 is 10.0 Å². The molecule has 0 saturated carbocycles. The van der Waals surface area contributed by atoms with E-state index in [1.807, 2.05) is 32.9 Å². The van der Waals surface area contributed by atoms with E-state index in [0.717, 1.165) is 29.7 Å². The Hall–Kier alpha value is -1.11. The molecule has 5 nitrogen and oxygen atoms in total. The smallest absolute Gasteiger partial charge is 0.228 e. The standard InChI is InChI=1S/C19H29ClN2O3S/c1-4-12-26(24,25)22-11-7-8-15(13-22)19(23)21-18-14(5-2)9-10-17(20)16(18)6-3/h9-10,15H,4-8,11-13H2,1-3H3,(H,21,23)/t15-/m0/s1. The Kier molecular flexibility index (Phi) is 7.50. The lowest BCUT2D eigenvalue weighted by Gasteiger charge is -2.31. The number of anilines is 1. The maximum Gasteiger partial charge on any atom is 0.228 e. The summed E-state index contributed by atoms with van der Waals surface area (Å²) in [5.74, 6) is -0.313. The number of hydrogen-bond donors (Lipinski definition) is 1. The van der Waals surface area contributed by atoms with Gasteiger partial charge in [0.2, 0.25) is 15.9 Å². The Morgan fingerprint density at radius 3 is 2.62 bits per heavy atom. The Morgan fingerprint density at radius 1 is 1.27 bits per heavy atom. The minimum Gasteiger partial charge on any atom is -0.325 e. The van der Waals surface area contributed by atoms with E-state index in [9.17, 15) is 13.2 Å². The average molecular weight is 401 g/mol. The molecule has 1 amide bonds. The van der Waals surface area contributed by atoms with E-state index in [1.54, 1.807) is 0 Å². The van der Waals surface area contributed by atoms with Crippen LogP contribution in [0.1, 0.15) is 51.2 Å². The molecule has 1 aromatic rings. The van der Waals surface area contributed by atoms with E-state index in [-0.39, 0.29) is 24.1 Å². The predicted octanol–water partition coefficient (Wildman–Crippen LogP) is 3.86. The molecule has 7 heteroatoms. The fourth-order valence-electron chi connectivity index (χ4n) is 3.49. The third-order valence-electron chi connectivity index (χ3n) is 4.94. The van der Waals surface area contributed by atoms with Crippen molar-refractivity contribution in [2.75, 3.05) is 24.2 Å². The lowest BCUT2D eigenvalue weighted by atomic mass is 9.97. The average Bonchev–Trinajstić information content (AvgIpc) is 2.62. The van der Waals surface area contributed by atoms with Crippen molar-refractivity contribution in [2.24, 2.45) is 5.92 Å². The van der Waals surface area contributed by atoms with Gasteiger partial charge in [-0.2, -0.15) is 0 Å². The summed E-state index contributed by atoms with van der Waals surface area (Å²) >= 11 is 6.31. The van der Waals surface area contributed by atoms with Gasteiger partial charge in [-0.25, -0.2) is 12.7 Å². The summed E-state index contributed by atoms with van der Waals surface area (Å²) in [6.07, 6.45) is 3.51. The molecule has 2 rings (SSSR count).